The first-order valence-corrected chi connectivity index (χ1v) is 8.84. The van der Waals surface area contributed by atoms with E-state index in [0.717, 1.165) is 21.4 Å². The van der Waals surface area contributed by atoms with Gasteiger partial charge in [-0.25, -0.2) is 0 Å². The van der Waals surface area contributed by atoms with Crippen molar-refractivity contribution in [3.05, 3.63) is 94.2 Å². The number of carbonyl (C=O) groups is 1. The first-order valence-electron chi connectivity index (χ1n) is 8.04. The molecule has 3 rings (SSSR count). The van der Waals surface area contributed by atoms with E-state index in [1.807, 2.05) is 83.6 Å². The van der Waals surface area contributed by atoms with Crippen molar-refractivity contribution in [2.45, 2.75) is 6.54 Å². The molecule has 1 amide bonds. The molecule has 0 bridgehead atoms. The number of rotatable bonds is 5. The number of nitrogens with zero attached hydrogens (tertiary/aromatic N) is 2. The molecule has 1 heterocycles. The molecule has 1 aromatic heterocycles. The topological polar surface area (TPSA) is 57.8 Å². The second kappa shape index (κ2) is 8.32. The van der Waals surface area contributed by atoms with E-state index in [-0.39, 0.29) is 11.5 Å². The lowest BCUT2D eigenvalue weighted by Gasteiger charge is -2.08. The van der Waals surface area contributed by atoms with Crippen molar-refractivity contribution in [2.24, 2.45) is 0 Å². The number of nitrogens with one attached hydrogen (secondary N) is 1. The van der Waals surface area contributed by atoms with Gasteiger partial charge in [-0.3, -0.25) is 4.79 Å². The molecule has 0 aliphatic heterocycles. The highest BCUT2D eigenvalue weighted by atomic mass is 79.9. The van der Waals surface area contributed by atoms with Gasteiger partial charge < -0.3 is 9.88 Å². The Morgan fingerprint density at radius 1 is 1.08 bits per heavy atom. The van der Waals surface area contributed by atoms with Crippen LogP contribution in [0.1, 0.15) is 11.3 Å². The molecule has 0 radical (unpaired) electrons. The van der Waals surface area contributed by atoms with E-state index >= 15 is 0 Å². The Kier molecular flexibility index (Phi) is 5.67. The van der Waals surface area contributed by atoms with Crippen LogP contribution in [0, 0.1) is 11.3 Å². The second-order valence-corrected chi connectivity index (χ2v) is 6.53. The SMILES string of the molecule is N#CC(=Cc1cccn1-c1ccc(Br)cc1)C(=O)NCc1ccccc1. The Morgan fingerprint density at radius 2 is 1.81 bits per heavy atom. The van der Waals surface area contributed by atoms with Crippen molar-refractivity contribution in [1.82, 2.24) is 9.88 Å². The molecule has 5 heteroatoms. The van der Waals surface area contributed by atoms with Gasteiger partial charge in [0.1, 0.15) is 11.6 Å². The Labute approximate surface area is 160 Å². The van der Waals surface area contributed by atoms with E-state index < -0.39 is 0 Å². The molecule has 0 spiro atoms. The molecule has 0 saturated carbocycles. The standard InChI is InChI=1S/C21H16BrN3O/c22-18-8-10-19(11-9-18)25-12-4-7-20(25)13-17(14-23)21(26)24-15-16-5-2-1-3-6-16/h1-13H,15H2,(H,24,26). The van der Waals surface area contributed by atoms with Crippen LogP contribution in [0.3, 0.4) is 0 Å². The molecule has 4 nitrogen and oxygen atoms in total. The molecule has 0 saturated heterocycles. The number of aromatic nitrogens is 1. The van der Waals surface area contributed by atoms with E-state index in [4.69, 9.17) is 0 Å². The minimum Gasteiger partial charge on any atom is -0.347 e. The van der Waals surface area contributed by atoms with Crippen LogP contribution in [0.4, 0.5) is 0 Å². The van der Waals surface area contributed by atoms with Gasteiger partial charge in [-0.15, -0.1) is 0 Å². The summed E-state index contributed by atoms with van der Waals surface area (Å²) in [7, 11) is 0. The molecule has 2 aromatic carbocycles. The molecule has 0 aliphatic rings. The number of hydrogen-bond donors (Lipinski definition) is 1. The fourth-order valence-corrected chi connectivity index (χ4v) is 2.78. The van der Waals surface area contributed by atoms with Crippen molar-refractivity contribution in [3.63, 3.8) is 0 Å². The zero-order valence-electron chi connectivity index (χ0n) is 13.9. The summed E-state index contributed by atoms with van der Waals surface area (Å²) in [5.74, 6) is -0.389. The van der Waals surface area contributed by atoms with Crippen molar-refractivity contribution in [2.75, 3.05) is 0 Å². The number of halogens is 1. The van der Waals surface area contributed by atoms with Crippen molar-refractivity contribution in [3.8, 4) is 11.8 Å². The fourth-order valence-electron chi connectivity index (χ4n) is 2.52. The lowest BCUT2D eigenvalue weighted by atomic mass is 10.2. The van der Waals surface area contributed by atoms with Gasteiger partial charge in [0.05, 0.1) is 0 Å². The van der Waals surface area contributed by atoms with Gasteiger partial charge in [-0.1, -0.05) is 46.3 Å². The maximum Gasteiger partial charge on any atom is 0.262 e. The predicted molar refractivity (Wildman–Crippen MR) is 105 cm³/mol. The van der Waals surface area contributed by atoms with Crippen LogP contribution in [0.25, 0.3) is 11.8 Å². The van der Waals surface area contributed by atoms with Crippen LogP contribution in [0.2, 0.25) is 0 Å². The number of hydrogen-bond acceptors (Lipinski definition) is 2. The third-order valence-electron chi connectivity index (χ3n) is 3.84. The smallest absolute Gasteiger partial charge is 0.262 e. The first kappa shape index (κ1) is 17.7. The van der Waals surface area contributed by atoms with Crippen LogP contribution in [0.5, 0.6) is 0 Å². The third kappa shape index (κ3) is 4.29. The summed E-state index contributed by atoms with van der Waals surface area (Å²) in [5.41, 5.74) is 2.76. The van der Waals surface area contributed by atoms with E-state index in [0.29, 0.717) is 6.54 Å². The van der Waals surface area contributed by atoms with Crippen molar-refractivity contribution in [1.29, 1.82) is 5.26 Å². The molecule has 0 atom stereocenters. The maximum atomic E-state index is 12.3. The Balaban J connectivity index is 1.79. The third-order valence-corrected chi connectivity index (χ3v) is 4.37. The molecule has 3 aromatic rings. The van der Waals surface area contributed by atoms with E-state index in [1.165, 1.54) is 0 Å². The summed E-state index contributed by atoms with van der Waals surface area (Å²) >= 11 is 3.42. The van der Waals surface area contributed by atoms with Gasteiger partial charge in [0.2, 0.25) is 0 Å². The van der Waals surface area contributed by atoms with Gasteiger partial charge in [0.25, 0.3) is 5.91 Å². The van der Waals surface area contributed by atoms with Crippen LogP contribution in [0.15, 0.2) is 83.0 Å². The van der Waals surface area contributed by atoms with Crippen molar-refractivity contribution >= 4 is 27.9 Å². The average molecular weight is 406 g/mol. The predicted octanol–water partition coefficient (Wildman–Crippen LogP) is 4.46. The summed E-state index contributed by atoms with van der Waals surface area (Å²) < 4.78 is 2.91. The zero-order valence-corrected chi connectivity index (χ0v) is 15.5. The zero-order chi connectivity index (χ0) is 18.4. The summed E-state index contributed by atoms with van der Waals surface area (Å²) in [5, 5.41) is 12.2. The van der Waals surface area contributed by atoms with Crippen LogP contribution < -0.4 is 5.32 Å². The second-order valence-electron chi connectivity index (χ2n) is 5.62. The van der Waals surface area contributed by atoms with E-state index in [2.05, 4.69) is 21.2 Å². The molecule has 128 valence electrons. The van der Waals surface area contributed by atoms with Crippen molar-refractivity contribution < 1.29 is 4.79 Å². The molecular formula is C21H16BrN3O. The molecule has 0 unspecified atom stereocenters. The van der Waals surface area contributed by atoms with Crippen LogP contribution in [-0.4, -0.2) is 10.5 Å². The van der Waals surface area contributed by atoms with Gasteiger partial charge in [-0.2, -0.15) is 5.26 Å². The lowest BCUT2D eigenvalue weighted by Crippen LogP contribution is -2.24. The summed E-state index contributed by atoms with van der Waals surface area (Å²) in [6, 6.07) is 23.1. The Hall–Kier alpha value is -3.10. The van der Waals surface area contributed by atoms with Gasteiger partial charge in [0.15, 0.2) is 0 Å². The highest BCUT2D eigenvalue weighted by Crippen LogP contribution is 2.18. The number of benzene rings is 2. The van der Waals surface area contributed by atoms with E-state index in [1.54, 1.807) is 6.08 Å². The molecule has 0 fully saturated rings. The number of amides is 1. The number of nitriles is 1. The molecule has 1 N–H and O–H groups in total. The summed E-state index contributed by atoms with van der Waals surface area (Å²) in [6.45, 7) is 0.381. The monoisotopic (exact) mass is 405 g/mol. The largest absolute Gasteiger partial charge is 0.347 e. The molecule has 0 aliphatic carbocycles. The minimum absolute atomic E-state index is 0.0676. The Morgan fingerprint density at radius 3 is 2.50 bits per heavy atom. The fraction of sp³-hybridized carbons (Fsp3) is 0.0476. The first-order chi connectivity index (χ1) is 12.7. The maximum absolute atomic E-state index is 12.3. The quantitative estimate of drug-likeness (QED) is 0.502. The number of carbonyl (C=O) groups excluding carboxylic acids is 1. The minimum atomic E-state index is -0.389. The summed E-state index contributed by atoms with van der Waals surface area (Å²) in [4.78, 5) is 12.3. The normalized spacial score (nSPS) is 11.0. The van der Waals surface area contributed by atoms with Gasteiger partial charge in [0, 0.05) is 28.6 Å². The average Bonchev–Trinajstić information content (AvgIpc) is 3.14. The highest BCUT2D eigenvalue weighted by Gasteiger charge is 2.10. The Bertz CT molecular complexity index is 966. The van der Waals surface area contributed by atoms with Crippen LogP contribution in [-0.2, 0) is 11.3 Å². The van der Waals surface area contributed by atoms with E-state index in [9.17, 15) is 10.1 Å². The molecule has 26 heavy (non-hydrogen) atoms. The molecular weight excluding hydrogens is 390 g/mol. The summed E-state index contributed by atoms with van der Waals surface area (Å²) in [6.07, 6.45) is 3.49. The van der Waals surface area contributed by atoms with Gasteiger partial charge in [-0.05, 0) is 48.0 Å². The van der Waals surface area contributed by atoms with Gasteiger partial charge >= 0.3 is 0 Å². The van der Waals surface area contributed by atoms with Crippen LogP contribution >= 0.6 is 15.9 Å². The highest BCUT2D eigenvalue weighted by molar-refractivity contribution is 9.10. The lowest BCUT2D eigenvalue weighted by molar-refractivity contribution is -0.117.